The molecule has 2 unspecified atom stereocenters. The highest BCUT2D eigenvalue weighted by molar-refractivity contribution is 7.75. The molecule has 0 saturated carbocycles. The quantitative estimate of drug-likeness (QED) is 0.189. The van der Waals surface area contributed by atoms with Crippen LogP contribution in [-0.4, -0.2) is 20.3 Å². The first-order chi connectivity index (χ1) is 20.1. The molecular formula is C38H38N2P2. The highest BCUT2D eigenvalue weighted by atomic mass is 31.1. The second-order valence-electron chi connectivity index (χ2n) is 12.7. The number of nitrogens with zero attached hydrogens (tertiary/aromatic N) is 2. The first-order valence-electron chi connectivity index (χ1n) is 14.6. The molecule has 0 aliphatic rings. The molecule has 2 nitrogen and oxygen atoms in total. The molecule has 0 radical (unpaired) electrons. The standard InChI is InChI=1S/C38H38N2P2/c1-37(2,3)41(33-19-11-13-25-39-33)31-23-21-27-15-7-9-17-29(27)35(31)36-30-18-10-8-16-28(30)22-24-32(36)42(38(4,5)6)34-20-12-14-26-40-34/h7-26H,1-6H3. The van der Waals surface area contributed by atoms with Crippen molar-refractivity contribution in [2.24, 2.45) is 0 Å². The summed E-state index contributed by atoms with van der Waals surface area (Å²) in [5.74, 6) is 0. The van der Waals surface area contributed by atoms with Crippen molar-refractivity contribution in [1.29, 1.82) is 0 Å². The average Bonchev–Trinajstić information content (AvgIpc) is 2.97. The number of benzene rings is 4. The molecule has 4 aromatic carbocycles. The minimum atomic E-state index is -0.798. The van der Waals surface area contributed by atoms with Crippen LogP contribution in [-0.2, 0) is 0 Å². The van der Waals surface area contributed by atoms with Gasteiger partial charge in [0.25, 0.3) is 0 Å². The van der Waals surface area contributed by atoms with E-state index in [4.69, 9.17) is 9.97 Å². The van der Waals surface area contributed by atoms with Crippen LogP contribution in [0.3, 0.4) is 0 Å². The normalized spacial score (nSPS) is 13.8. The van der Waals surface area contributed by atoms with Crippen molar-refractivity contribution in [2.45, 2.75) is 51.9 Å². The summed E-state index contributed by atoms with van der Waals surface area (Å²) in [6, 6.07) is 40.0. The highest BCUT2D eigenvalue weighted by Gasteiger charge is 2.35. The van der Waals surface area contributed by atoms with Gasteiger partial charge in [-0.05, 0) is 93.7 Å². The Labute approximate surface area is 252 Å². The maximum atomic E-state index is 4.97. The Morgan fingerprint density at radius 2 is 0.810 bits per heavy atom. The van der Waals surface area contributed by atoms with Crippen LogP contribution < -0.4 is 21.5 Å². The van der Waals surface area contributed by atoms with Crippen molar-refractivity contribution in [3.05, 3.63) is 122 Å². The molecule has 0 aliphatic heterocycles. The predicted molar refractivity (Wildman–Crippen MR) is 187 cm³/mol. The summed E-state index contributed by atoms with van der Waals surface area (Å²) in [5, 5.41) is 7.89. The molecular weight excluding hydrogens is 546 g/mol. The molecule has 0 aliphatic carbocycles. The van der Waals surface area contributed by atoms with Crippen LogP contribution in [0.15, 0.2) is 122 Å². The Kier molecular flexibility index (Phi) is 7.74. The largest absolute Gasteiger partial charge is 0.256 e. The number of hydrogen-bond donors (Lipinski definition) is 0. The van der Waals surface area contributed by atoms with E-state index in [1.165, 1.54) is 54.2 Å². The average molecular weight is 585 g/mol. The number of hydrogen-bond acceptors (Lipinski definition) is 2. The molecule has 2 atom stereocenters. The smallest absolute Gasteiger partial charge is 0.0681 e. The van der Waals surface area contributed by atoms with Gasteiger partial charge in [-0.15, -0.1) is 0 Å². The van der Waals surface area contributed by atoms with Crippen LogP contribution in [0.2, 0.25) is 0 Å². The molecule has 0 spiro atoms. The third kappa shape index (κ3) is 5.40. The van der Waals surface area contributed by atoms with Crippen molar-refractivity contribution in [2.75, 3.05) is 0 Å². The van der Waals surface area contributed by atoms with Crippen LogP contribution in [0, 0.1) is 0 Å². The Morgan fingerprint density at radius 3 is 1.17 bits per heavy atom. The van der Waals surface area contributed by atoms with E-state index in [2.05, 4.69) is 139 Å². The fraction of sp³-hybridized carbons (Fsp3) is 0.211. The molecule has 210 valence electrons. The molecule has 0 saturated heterocycles. The monoisotopic (exact) mass is 584 g/mol. The SMILES string of the molecule is CC(C)(C)P(c1ccccn1)c1ccc2ccccc2c1-c1c(P(c2ccccn2)C(C)(C)C)ccc2ccccc12. The molecule has 2 aromatic heterocycles. The molecule has 0 bridgehead atoms. The van der Waals surface area contributed by atoms with Gasteiger partial charge in [-0.2, -0.15) is 0 Å². The van der Waals surface area contributed by atoms with E-state index in [0.29, 0.717) is 0 Å². The van der Waals surface area contributed by atoms with E-state index >= 15 is 0 Å². The first kappa shape index (κ1) is 28.7. The molecule has 4 heteroatoms. The number of rotatable bonds is 5. The molecule has 0 amide bonds. The minimum absolute atomic E-state index is 0.00138. The van der Waals surface area contributed by atoms with Crippen molar-refractivity contribution in [3.8, 4) is 11.1 Å². The van der Waals surface area contributed by atoms with Gasteiger partial charge in [0.05, 0.1) is 10.9 Å². The number of aromatic nitrogens is 2. The van der Waals surface area contributed by atoms with Crippen molar-refractivity contribution in [3.63, 3.8) is 0 Å². The predicted octanol–water partition coefficient (Wildman–Crippen LogP) is 8.91. The van der Waals surface area contributed by atoms with E-state index in [9.17, 15) is 0 Å². The maximum absolute atomic E-state index is 4.97. The van der Waals surface area contributed by atoms with Gasteiger partial charge in [-0.3, -0.25) is 9.97 Å². The third-order valence-corrected chi connectivity index (χ3v) is 13.5. The molecule has 2 heterocycles. The van der Waals surface area contributed by atoms with E-state index in [1.54, 1.807) is 0 Å². The van der Waals surface area contributed by atoms with Crippen molar-refractivity contribution < 1.29 is 0 Å². The lowest BCUT2D eigenvalue weighted by Crippen LogP contribution is -2.31. The fourth-order valence-corrected chi connectivity index (χ4v) is 11.6. The van der Waals surface area contributed by atoms with Gasteiger partial charge >= 0.3 is 0 Å². The number of fused-ring (bicyclic) bond motifs is 2. The summed E-state index contributed by atoms with van der Waals surface area (Å²) in [7, 11) is -1.60. The Hall–Kier alpha value is -3.44. The van der Waals surface area contributed by atoms with Crippen LogP contribution in [0.4, 0.5) is 0 Å². The van der Waals surface area contributed by atoms with Gasteiger partial charge in [0.1, 0.15) is 0 Å². The van der Waals surface area contributed by atoms with E-state index in [0.717, 1.165) is 0 Å². The summed E-state index contributed by atoms with van der Waals surface area (Å²) in [4.78, 5) is 9.93. The lowest BCUT2D eigenvalue weighted by Gasteiger charge is -2.36. The lowest BCUT2D eigenvalue weighted by atomic mass is 9.93. The third-order valence-electron chi connectivity index (χ3n) is 7.64. The summed E-state index contributed by atoms with van der Waals surface area (Å²) in [6.45, 7) is 14.2. The summed E-state index contributed by atoms with van der Waals surface area (Å²) >= 11 is 0. The van der Waals surface area contributed by atoms with E-state index < -0.39 is 15.8 Å². The molecule has 0 N–H and O–H groups in total. The van der Waals surface area contributed by atoms with Gasteiger partial charge in [-0.25, -0.2) is 0 Å². The van der Waals surface area contributed by atoms with Crippen LogP contribution >= 0.6 is 15.8 Å². The minimum Gasteiger partial charge on any atom is -0.256 e. The van der Waals surface area contributed by atoms with Crippen LogP contribution in [0.5, 0.6) is 0 Å². The van der Waals surface area contributed by atoms with E-state index in [-0.39, 0.29) is 10.3 Å². The molecule has 0 fully saturated rings. The van der Waals surface area contributed by atoms with Gasteiger partial charge in [0.2, 0.25) is 0 Å². The first-order valence-corrected chi connectivity index (χ1v) is 17.3. The van der Waals surface area contributed by atoms with Crippen molar-refractivity contribution in [1.82, 2.24) is 9.97 Å². The van der Waals surface area contributed by atoms with Gasteiger partial charge in [0, 0.05) is 12.4 Å². The van der Waals surface area contributed by atoms with Crippen LogP contribution in [0.1, 0.15) is 41.5 Å². The van der Waals surface area contributed by atoms with Gasteiger partial charge in [-0.1, -0.05) is 126 Å². The fourth-order valence-electron chi connectivity index (χ4n) is 6.05. The lowest BCUT2D eigenvalue weighted by molar-refractivity contribution is 0.792. The zero-order valence-corrected chi connectivity index (χ0v) is 27.1. The highest BCUT2D eigenvalue weighted by Crippen LogP contribution is 2.54. The zero-order chi connectivity index (χ0) is 29.5. The molecule has 6 aromatic rings. The van der Waals surface area contributed by atoms with Gasteiger partial charge < -0.3 is 0 Å². The summed E-state index contributed by atoms with van der Waals surface area (Å²) in [5.41, 5.74) is 5.03. The van der Waals surface area contributed by atoms with Crippen LogP contribution in [0.25, 0.3) is 32.7 Å². The molecule has 42 heavy (non-hydrogen) atoms. The molecule has 6 rings (SSSR count). The second kappa shape index (κ2) is 11.3. The second-order valence-corrected chi connectivity index (χ2v) is 18.7. The van der Waals surface area contributed by atoms with Gasteiger partial charge in [0.15, 0.2) is 0 Å². The summed E-state index contributed by atoms with van der Waals surface area (Å²) < 4.78 is 0. The zero-order valence-electron chi connectivity index (χ0n) is 25.3. The summed E-state index contributed by atoms with van der Waals surface area (Å²) in [6.07, 6.45) is 3.89. The maximum Gasteiger partial charge on any atom is 0.0681 e. The van der Waals surface area contributed by atoms with E-state index in [1.807, 2.05) is 24.5 Å². The Balaban J connectivity index is 1.80. The number of pyridine rings is 2. The van der Waals surface area contributed by atoms with Crippen molar-refractivity contribution >= 4 is 58.9 Å². The topological polar surface area (TPSA) is 25.8 Å². The Morgan fingerprint density at radius 1 is 0.429 bits per heavy atom. The Bertz CT molecular complexity index is 1710.